The van der Waals surface area contributed by atoms with Gasteiger partial charge in [-0.3, -0.25) is 4.99 Å². The number of rotatable bonds is 10. The summed E-state index contributed by atoms with van der Waals surface area (Å²) in [5.74, 6) is 0.866. The van der Waals surface area contributed by atoms with Crippen molar-refractivity contribution < 1.29 is 13.2 Å². The van der Waals surface area contributed by atoms with Crippen LogP contribution in [0.1, 0.15) is 20.3 Å². The third-order valence-electron chi connectivity index (χ3n) is 5.09. The Bertz CT molecular complexity index is 747. The van der Waals surface area contributed by atoms with Crippen LogP contribution in [0.15, 0.2) is 35.3 Å². The van der Waals surface area contributed by atoms with Crippen molar-refractivity contribution in [2.75, 3.05) is 70.6 Å². The Hall–Kier alpha value is -1.84. The van der Waals surface area contributed by atoms with Gasteiger partial charge < -0.3 is 19.9 Å². The van der Waals surface area contributed by atoms with Gasteiger partial charge in [0.25, 0.3) is 0 Å². The van der Waals surface area contributed by atoms with Crippen LogP contribution in [0.5, 0.6) is 0 Å². The van der Waals surface area contributed by atoms with Gasteiger partial charge in [0, 0.05) is 59.1 Å². The highest BCUT2D eigenvalue weighted by Crippen LogP contribution is 2.11. The lowest BCUT2D eigenvalue weighted by Crippen LogP contribution is -2.54. The molecule has 1 saturated heterocycles. The lowest BCUT2D eigenvalue weighted by Gasteiger charge is -2.36. The van der Waals surface area contributed by atoms with E-state index in [0.717, 1.165) is 25.5 Å². The molecule has 1 aliphatic heterocycles. The van der Waals surface area contributed by atoms with Crippen molar-refractivity contribution in [3.05, 3.63) is 30.3 Å². The molecule has 0 radical (unpaired) electrons. The number of nitrogens with zero attached hydrogens (tertiary/aromatic N) is 4. The molecule has 2 rings (SSSR count). The summed E-state index contributed by atoms with van der Waals surface area (Å²) in [6.07, 6.45) is 1.02. The zero-order chi connectivity index (χ0) is 22.0. The van der Waals surface area contributed by atoms with Crippen LogP contribution < -0.4 is 10.2 Å². The first-order chi connectivity index (χ1) is 14.3. The summed E-state index contributed by atoms with van der Waals surface area (Å²) in [5, 5.41) is 3.41. The van der Waals surface area contributed by atoms with Crippen molar-refractivity contribution in [1.82, 2.24) is 14.5 Å². The van der Waals surface area contributed by atoms with E-state index in [-0.39, 0.29) is 18.5 Å². The van der Waals surface area contributed by atoms with E-state index in [4.69, 9.17) is 4.74 Å². The van der Waals surface area contributed by atoms with E-state index >= 15 is 0 Å². The van der Waals surface area contributed by atoms with Gasteiger partial charge in [-0.25, -0.2) is 8.42 Å². The Labute approximate surface area is 181 Å². The molecule has 1 N–H and O–H groups in total. The van der Waals surface area contributed by atoms with Crippen LogP contribution in [0.3, 0.4) is 0 Å². The first-order valence-electron chi connectivity index (χ1n) is 10.6. The average molecular weight is 440 g/mol. The normalized spacial score (nSPS) is 16.2. The van der Waals surface area contributed by atoms with Crippen LogP contribution in [0.2, 0.25) is 0 Å². The first kappa shape index (κ1) is 24.4. The zero-order valence-corrected chi connectivity index (χ0v) is 19.6. The molecule has 0 saturated carbocycles. The molecular weight excluding hydrogens is 402 g/mol. The highest BCUT2D eigenvalue weighted by Gasteiger charge is 2.27. The van der Waals surface area contributed by atoms with Crippen molar-refractivity contribution in [2.45, 2.75) is 26.4 Å². The number of hydrogen-bond donors (Lipinski definition) is 1. The number of anilines is 1. The standard InChI is InChI=1S/C21H37N5O3S/c1-19(2)29-17-18-30(27,28)26-15-13-25(14-16-26)21(22-3)23-11-8-12-24(4)20-9-6-5-7-10-20/h5-7,9-10,19H,8,11-18H2,1-4H3,(H,22,23). The number of piperazine rings is 1. The lowest BCUT2D eigenvalue weighted by atomic mass is 10.3. The maximum absolute atomic E-state index is 12.5. The fourth-order valence-corrected chi connectivity index (χ4v) is 4.64. The minimum Gasteiger partial charge on any atom is -0.378 e. The summed E-state index contributed by atoms with van der Waals surface area (Å²) in [6, 6.07) is 10.3. The number of hydrogen-bond acceptors (Lipinski definition) is 5. The Morgan fingerprint density at radius 3 is 2.47 bits per heavy atom. The predicted molar refractivity (Wildman–Crippen MR) is 124 cm³/mol. The highest BCUT2D eigenvalue weighted by atomic mass is 32.2. The molecule has 0 unspecified atom stereocenters. The van der Waals surface area contributed by atoms with E-state index in [2.05, 4.69) is 39.3 Å². The summed E-state index contributed by atoms with van der Waals surface area (Å²) in [4.78, 5) is 8.73. The molecule has 1 fully saturated rings. The zero-order valence-electron chi connectivity index (χ0n) is 18.7. The predicted octanol–water partition coefficient (Wildman–Crippen LogP) is 1.46. The minimum absolute atomic E-state index is 0.0348. The second-order valence-electron chi connectivity index (χ2n) is 7.71. The second kappa shape index (κ2) is 12.1. The molecule has 0 atom stereocenters. The second-order valence-corrected chi connectivity index (χ2v) is 9.79. The number of sulfonamides is 1. The van der Waals surface area contributed by atoms with Gasteiger partial charge in [0.05, 0.1) is 18.5 Å². The lowest BCUT2D eigenvalue weighted by molar-refractivity contribution is 0.0904. The molecule has 30 heavy (non-hydrogen) atoms. The monoisotopic (exact) mass is 439 g/mol. The minimum atomic E-state index is -3.28. The van der Waals surface area contributed by atoms with Crippen molar-refractivity contribution in [1.29, 1.82) is 0 Å². The van der Waals surface area contributed by atoms with Gasteiger partial charge in [0.2, 0.25) is 10.0 Å². The molecule has 1 heterocycles. The number of nitrogens with one attached hydrogen (secondary N) is 1. The van der Waals surface area contributed by atoms with Crippen LogP contribution in [0.25, 0.3) is 0 Å². The molecule has 0 aromatic heterocycles. The van der Waals surface area contributed by atoms with E-state index in [1.54, 1.807) is 11.4 Å². The number of aliphatic imine (C=N–C) groups is 1. The Kier molecular flexibility index (Phi) is 9.87. The maximum atomic E-state index is 12.5. The molecule has 0 aliphatic carbocycles. The molecule has 170 valence electrons. The van der Waals surface area contributed by atoms with E-state index in [1.165, 1.54) is 5.69 Å². The molecule has 1 aromatic rings. The number of guanidine groups is 1. The largest absolute Gasteiger partial charge is 0.378 e. The maximum Gasteiger partial charge on any atom is 0.216 e. The molecular formula is C21H37N5O3S. The number of para-hydroxylation sites is 1. The Morgan fingerprint density at radius 1 is 1.20 bits per heavy atom. The van der Waals surface area contributed by atoms with Gasteiger partial charge in [-0.2, -0.15) is 4.31 Å². The SMILES string of the molecule is CN=C(NCCCN(C)c1ccccc1)N1CCN(S(=O)(=O)CCOC(C)C)CC1. The summed E-state index contributed by atoms with van der Waals surface area (Å²) in [6.45, 7) is 8.02. The quantitative estimate of drug-likeness (QED) is 0.338. The smallest absolute Gasteiger partial charge is 0.216 e. The van der Waals surface area contributed by atoms with Crippen LogP contribution in [-0.2, 0) is 14.8 Å². The van der Waals surface area contributed by atoms with E-state index in [0.29, 0.717) is 26.2 Å². The van der Waals surface area contributed by atoms with E-state index in [9.17, 15) is 8.42 Å². The van der Waals surface area contributed by atoms with Crippen LogP contribution in [-0.4, -0.2) is 95.4 Å². The van der Waals surface area contributed by atoms with Gasteiger partial charge in [-0.05, 0) is 32.4 Å². The van der Waals surface area contributed by atoms with Gasteiger partial charge in [0.15, 0.2) is 5.96 Å². The molecule has 0 bridgehead atoms. The first-order valence-corrected chi connectivity index (χ1v) is 12.3. The van der Waals surface area contributed by atoms with E-state index < -0.39 is 10.0 Å². The third kappa shape index (κ3) is 7.77. The topological polar surface area (TPSA) is 77.5 Å². The number of ether oxygens (including phenoxy) is 1. The van der Waals surface area contributed by atoms with Crippen molar-refractivity contribution in [3.8, 4) is 0 Å². The molecule has 0 spiro atoms. The third-order valence-corrected chi connectivity index (χ3v) is 6.92. The van der Waals surface area contributed by atoms with Gasteiger partial charge in [0.1, 0.15) is 0 Å². The van der Waals surface area contributed by atoms with Gasteiger partial charge in [-0.15, -0.1) is 0 Å². The van der Waals surface area contributed by atoms with Crippen molar-refractivity contribution in [2.24, 2.45) is 4.99 Å². The molecule has 1 aromatic carbocycles. The summed E-state index contributed by atoms with van der Waals surface area (Å²) in [7, 11) is 0.586. The van der Waals surface area contributed by atoms with Crippen LogP contribution in [0.4, 0.5) is 5.69 Å². The van der Waals surface area contributed by atoms with Gasteiger partial charge in [-0.1, -0.05) is 18.2 Å². The molecule has 1 aliphatic rings. The summed E-state index contributed by atoms with van der Waals surface area (Å²) in [5.41, 5.74) is 1.21. The summed E-state index contributed by atoms with van der Waals surface area (Å²) >= 11 is 0. The molecule has 9 heteroatoms. The molecule has 8 nitrogen and oxygen atoms in total. The Balaban J connectivity index is 1.72. The fourth-order valence-electron chi connectivity index (χ4n) is 3.36. The van der Waals surface area contributed by atoms with Crippen LogP contribution in [0, 0.1) is 0 Å². The average Bonchev–Trinajstić information content (AvgIpc) is 2.74. The molecule has 0 amide bonds. The van der Waals surface area contributed by atoms with E-state index in [1.807, 2.05) is 32.0 Å². The fraction of sp³-hybridized carbons (Fsp3) is 0.667. The highest BCUT2D eigenvalue weighted by molar-refractivity contribution is 7.89. The summed E-state index contributed by atoms with van der Waals surface area (Å²) < 4.78 is 31.9. The van der Waals surface area contributed by atoms with Gasteiger partial charge >= 0.3 is 0 Å². The van der Waals surface area contributed by atoms with Crippen molar-refractivity contribution >= 4 is 21.7 Å². The van der Waals surface area contributed by atoms with Crippen LogP contribution >= 0.6 is 0 Å². The number of benzene rings is 1. The van der Waals surface area contributed by atoms with Crippen molar-refractivity contribution in [3.63, 3.8) is 0 Å². The Morgan fingerprint density at radius 2 is 1.87 bits per heavy atom.